The van der Waals surface area contributed by atoms with Gasteiger partial charge in [-0.2, -0.15) is 0 Å². The molecule has 0 saturated carbocycles. The van der Waals surface area contributed by atoms with Crippen molar-refractivity contribution >= 4 is 55.8 Å². The molecule has 0 bridgehead atoms. The molecule has 0 radical (unpaired) electrons. The Balaban J connectivity index is 1.98. The Kier molecular flexibility index (Phi) is 15.9. The monoisotopic (exact) mass is 855 g/mol. The number of rotatable bonds is 20. The average Bonchev–Trinajstić information content (AvgIpc) is 3.17. The Labute approximate surface area is 332 Å². The van der Waals surface area contributed by atoms with Crippen LogP contribution in [0.15, 0.2) is 131 Å². The van der Waals surface area contributed by atoms with Crippen molar-refractivity contribution in [3.05, 3.63) is 131 Å². The standard InChI is InChI=1S/C36H43O2Si2.3C4H9.Sn/c1-35(2,3)39(31-21-11-7-12-22-31,32-23-13-8-14-24-32)37-29-19-20-30-38-40(36(4,5)6,33-25-15-9-16-26-33)34-27-17-10-18-28-34;3*1-3-4-2;/h7-19,21-28H,29-30H2,1-6H3;3*1,3-4H2,2H3;/i19D;;;;. The zero-order valence-electron chi connectivity index (χ0n) is 35.6. The van der Waals surface area contributed by atoms with Crippen molar-refractivity contribution in [1.82, 2.24) is 0 Å². The summed E-state index contributed by atoms with van der Waals surface area (Å²) in [4.78, 5) is 0. The van der Waals surface area contributed by atoms with Crippen molar-refractivity contribution in [3.63, 3.8) is 0 Å². The maximum atomic E-state index is 10.3. The van der Waals surface area contributed by atoms with E-state index in [-0.39, 0.29) is 10.1 Å². The van der Waals surface area contributed by atoms with Gasteiger partial charge in [-0.15, -0.1) is 0 Å². The van der Waals surface area contributed by atoms with Gasteiger partial charge in [0.15, 0.2) is 0 Å². The van der Waals surface area contributed by atoms with Crippen molar-refractivity contribution in [3.8, 4) is 0 Å². The summed E-state index contributed by atoms with van der Waals surface area (Å²) in [6.07, 6.45) is 7.25. The van der Waals surface area contributed by atoms with Gasteiger partial charge in [0.2, 0.25) is 0 Å². The Morgan fingerprint density at radius 2 is 0.830 bits per heavy atom. The quantitative estimate of drug-likeness (QED) is 0.0825. The molecule has 0 aliphatic heterocycles. The number of benzene rings is 4. The molecule has 0 unspecified atom stereocenters. The average molecular weight is 855 g/mol. The van der Waals surface area contributed by atoms with Gasteiger partial charge in [-0.3, -0.25) is 0 Å². The van der Waals surface area contributed by atoms with Crippen LogP contribution in [0.25, 0.3) is 0 Å². The van der Waals surface area contributed by atoms with E-state index in [2.05, 4.69) is 184 Å². The van der Waals surface area contributed by atoms with Crippen LogP contribution < -0.4 is 20.7 Å². The Morgan fingerprint density at radius 3 is 1.11 bits per heavy atom. The van der Waals surface area contributed by atoms with Gasteiger partial charge in [0.1, 0.15) is 0 Å². The second-order valence-corrected chi connectivity index (χ2v) is 39.1. The van der Waals surface area contributed by atoms with Crippen molar-refractivity contribution in [2.45, 2.75) is 124 Å². The summed E-state index contributed by atoms with van der Waals surface area (Å²) in [7, 11) is -5.69. The summed E-state index contributed by atoms with van der Waals surface area (Å²) in [5, 5.41) is 4.83. The molecule has 0 saturated heterocycles. The predicted molar refractivity (Wildman–Crippen MR) is 240 cm³/mol. The van der Waals surface area contributed by atoms with Gasteiger partial charge in [0.25, 0.3) is 0 Å². The number of hydrogen-bond acceptors (Lipinski definition) is 2. The van der Waals surface area contributed by atoms with Crippen molar-refractivity contribution < 1.29 is 10.2 Å². The van der Waals surface area contributed by atoms with E-state index >= 15 is 0 Å². The molecule has 0 aliphatic carbocycles. The van der Waals surface area contributed by atoms with Gasteiger partial charge in [-0.25, -0.2) is 0 Å². The molecule has 0 amide bonds. The molecule has 4 aromatic rings. The predicted octanol–water partition coefficient (Wildman–Crippen LogP) is 11.5. The summed E-state index contributed by atoms with van der Waals surface area (Å²) < 4.78 is 31.0. The molecule has 53 heavy (non-hydrogen) atoms. The first kappa shape index (κ1) is 41.9. The minimum absolute atomic E-state index is 0.136. The van der Waals surface area contributed by atoms with E-state index in [1.807, 2.05) is 0 Å². The van der Waals surface area contributed by atoms with E-state index in [9.17, 15) is 1.37 Å². The first-order chi connectivity index (χ1) is 25.8. The maximum absolute atomic E-state index is 10.3. The van der Waals surface area contributed by atoms with Crippen LogP contribution >= 0.6 is 0 Å². The van der Waals surface area contributed by atoms with Crippen LogP contribution in [0.4, 0.5) is 0 Å². The van der Waals surface area contributed by atoms with Crippen LogP contribution in [0, 0.1) is 0 Å². The van der Waals surface area contributed by atoms with E-state index in [1.54, 1.807) is 0 Å². The van der Waals surface area contributed by atoms with E-state index < -0.39 is 35.0 Å². The molecule has 5 heteroatoms. The van der Waals surface area contributed by atoms with Crippen LogP contribution in [0.3, 0.4) is 0 Å². The molecule has 0 fully saturated rings. The van der Waals surface area contributed by atoms with Crippen molar-refractivity contribution in [2.75, 3.05) is 13.2 Å². The Morgan fingerprint density at radius 1 is 0.528 bits per heavy atom. The van der Waals surface area contributed by atoms with Gasteiger partial charge in [-0.1, -0.05) is 0 Å². The minimum atomic E-state index is -3.24. The fraction of sp³-hybridized carbons (Fsp3) is 0.458. The molecule has 0 aliphatic rings. The fourth-order valence-electron chi connectivity index (χ4n) is 8.70. The Bertz CT molecular complexity index is 1600. The first-order valence-electron chi connectivity index (χ1n) is 21.0. The van der Waals surface area contributed by atoms with Gasteiger partial charge < -0.3 is 0 Å². The van der Waals surface area contributed by atoms with Crippen LogP contribution in [0.5, 0.6) is 0 Å². The molecular formula is C48H70O2Si2Sn. The summed E-state index contributed by atoms with van der Waals surface area (Å²) >= 11 is -3.24. The second-order valence-electron chi connectivity index (χ2n) is 17.2. The normalized spacial score (nSPS) is 13.8. The first-order valence-corrected chi connectivity index (χ1v) is 31.8. The molecule has 4 aromatic carbocycles. The van der Waals surface area contributed by atoms with E-state index in [0.717, 1.165) is 0 Å². The number of hydrogen-bond donors (Lipinski definition) is 0. The molecule has 0 aromatic heterocycles. The van der Waals surface area contributed by atoms with Crippen LogP contribution in [0.1, 0.15) is 102 Å². The summed E-state index contributed by atoms with van der Waals surface area (Å²) in [6.45, 7) is 22.0. The third-order valence-corrected chi connectivity index (χ3v) is 37.3. The molecule has 0 atom stereocenters. The van der Waals surface area contributed by atoms with E-state index in [4.69, 9.17) is 8.85 Å². The summed E-state index contributed by atoms with van der Waals surface area (Å²) in [6, 6.07) is 44.7. The molecule has 4 rings (SSSR count). The summed E-state index contributed by atoms with van der Waals surface area (Å²) in [5.41, 5.74) is 0. The van der Waals surface area contributed by atoms with Gasteiger partial charge in [0.05, 0.1) is 0 Å². The zero-order chi connectivity index (χ0) is 39.3. The van der Waals surface area contributed by atoms with E-state index in [0.29, 0.717) is 19.3 Å². The second kappa shape index (κ2) is 20.1. The zero-order valence-corrected chi connectivity index (χ0v) is 39.5. The fourth-order valence-corrected chi connectivity index (χ4v) is 34.0. The van der Waals surface area contributed by atoms with Crippen molar-refractivity contribution in [2.24, 2.45) is 0 Å². The third kappa shape index (κ3) is 10.2. The van der Waals surface area contributed by atoms with Crippen LogP contribution in [-0.4, -0.2) is 48.2 Å². The third-order valence-electron chi connectivity index (χ3n) is 11.5. The molecule has 0 spiro atoms. The van der Waals surface area contributed by atoms with Crippen LogP contribution in [-0.2, 0) is 8.85 Å². The van der Waals surface area contributed by atoms with Crippen LogP contribution in [0.2, 0.25) is 23.4 Å². The van der Waals surface area contributed by atoms with E-state index in [1.165, 1.54) is 76.2 Å². The number of unbranched alkanes of at least 4 members (excludes halogenated alkanes) is 3. The molecular weight excluding hydrogens is 783 g/mol. The molecule has 0 heterocycles. The topological polar surface area (TPSA) is 18.5 Å². The van der Waals surface area contributed by atoms with Gasteiger partial charge >= 0.3 is 334 Å². The SMILES string of the molecule is [2H]/C(CO[Si](c1ccccc1)(c1ccccc1)C(C)(C)C)=[C](/CO[Si](c1ccccc1)(c1ccccc1)C(C)(C)C)[Sn]([CH2]CCC)([CH2]CCC)[CH2]CCC. The molecule has 2 nitrogen and oxygen atoms in total. The summed E-state index contributed by atoms with van der Waals surface area (Å²) in [5.74, 6) is 0. The molecule has 0 N–H and O–H groups in total. The van der Waals surface area contributed by atoms with Gasteiger partial charge in [-0.05, 0) is 0 Å². The molecule has 286 valence electrons. The Hall–Kier alpha value is -2.23. The van der Waals surface area contributed by atoms with Crippen molar-refractivity contribution in [1.29, 1.82) is 0 Å². The van der Waals surface area contributed by atoms with Gasteiger partial charge in [0, 0.05) is 0 Å².